The van der Waals surface area contributed by atoms with Crippen LogP contribution < -0.4 is 0 Å². The summed E-state index contributed by atoms with van der Waals surface area (Å²) in [6.45, 7) is 3.73. The van der Waals surface area contributed by atoms with Crippen molar-refractivity contribution in [2.75, 3.05) is 0 Å². The minimum Gasteiger partial charge on any atom is -0.507 e. The molecule has 0 bridgehead atoms. The highest BCUT2D eigenvalue weighted by molar-refractivity contribution is 7.10. The molecule has 1 heterocycles. The van der Waals surface area contributed by atoms with Gasteiger partial charge in [-0.1, -0.05) is 13.8 Å². The maximum Gasteiger partial charge on any atom is 0.165 e. The number of aliphatic hydroxyl groups excluding tert-OH is 1. The zero-order valence-electron chi connectivity index (χ0n) is 8.91. The van der Waals surface area contributed by atoms with Crippen LogP contribution in [0.4, 0.5) is 0 Å². The Morgan fingerprint density at radius 1 is 1.47 bits per heavy atom. The van der Waals surface area contributed by atoms with Crippen molar-refractivity contribution >= 4 is 22.9 Å². The van der Waals surface area contributed by atoms with Gasteiger partial charge in [0, 0.05) is 21.9 Å². The summed E-state index contributed by atoms with van der Waals surface area (Å²) in [7, 11) is 0. The van der Waals surface area contributed by atoms with E-state index in [4.69, 9.17) is 0 Å². The molecular formula is C12H14O2S. The Hall–Kier alpha value is -1.09. The molecule has 2 rings (SSSR count). The quantitative estimate of drug-likeness (QED) is 0.834. The van der Waals surface area contributed by atoms with Gasteiger partial charge in [-0.05, 0) is 24.3 Å². The molecule has 80 valence electrons. The van der Waals surface area contributed by atoms with Crippen molar-refractivity contribution < 1.29 is 9.90 Å². The molecule has 0 aromatic carbocycles. The molecule has 0 aliphatic heterocycles. The molecule has 0 saturated heterocycles. The SMILES string of the molecule is CC(C)C(=O)C1=C(O)c2ccsc2CC1. The number of aliphatic hydroxyl groups is 1. The highest BCUT2D eigenvalue weighted by atomic mass is 32.1. The second-order valence-corrected chi connectivity index (χ2v) is 5.10. The standard InChI is InChI=1S/C12H14O2S/c1-7(2)11(13)9-3-4-10-8(12(9)14)5-6-15-10/h5-7,14H,3-4H2,1-2H3. The average molecular weight is 222 g/mol. The Labute approximate surface area is 93.3 Å². The van der Waals surface area contributed by atoms with Crippen LogP contribution in [0.5, 0.6) is 0 Å². The van der Waals surface area contributed by atoms with Gasteiger partial charge >= 0.3 is 0 Å². The summed E-state index contributed by atoms with van der Waals surface area (Å²) >= 11 is 1.65. The second-order valence-electron chi connectivity index (χ2n) is 4.10. The van der Waals surface area contributed by atoms with Gasteiger partial charge in [0.2, 0.25) is 0 Å². The van der Waals surface area contributed by atoms with Crippen LogP contribution in [0.2, 0.25) is 0 Å². The van der Waals surface area contributed by atoms with E-state index in [2.05, 4.69) is 0 Å². The van der Waals surface area contributed by atoms with Crippen LogP contribution in [0, 0.1) is 5.92 Å². The zero-order valence-corrected chi connectivity index (χ0v) is 9.73. The van der Waals surface area contributed by atoms with Gasteiger partial charge in [0.15, 0.2) is 5.78 Å². The summed E-state index contributed by atoms with van der Waals surface area (Å²) in [5.74, 6) is 0.239. The number of hydrogen-bond donors (Lipinski definition) is 1. The van der Waals surface area contributed by atoms with E-state index in [0.717, 1.165) is 12.0 Å². The van der Waals surface area contributed by atoms with Gasteiger partial charge in [-0.25, -0.2) is 0 Å². The van der Waals surface area contributed by atoms with Crippen molar-refractivity contribution in [2.24, 2.45) is 5.92 Å². The Kier molecular flexibility index (Phi) is 2.65. The summed E-state index contributed by atoms with van der Waals surface area (Å²) in [5, 5.41) is 12.0. The van der Waals surface area contributed by atoms with Crippen LogP contribution in [-0.2, 0) is 11.2 Å². The highest BCUT2D eigenvalue weighted by Crippen LogP contribution is 2.34. The summed E-state index contributed by atoms with van der Waals surface area (Å²) in [5.41, 5.74) is 1.46. The van der Waals surface area contributed by atoms with Gasteiger partial charge < -0.3 is 5.11 Å². The zero-order chi connectivity index (χ0) is 11.0. The number of Topliss-reactive ketones (excluding diaryl/α,β-unsaturated/α-hetero) is 1. The fraction of sp³-hybridized carbons (Fsp3) is 0.417. The molecule has 2 nitrogen and oxygen atoms in total. The van der Waals surface area contributed by atoms with Gasteiger partial charge in [-0.2, -0.15) is 0 Å². The fourth-order valence-corrected chi connectivity index (χ4v) is 2.73. The fourth-order valence-electron chi connectivity index (χ4n) is 1.85. The van der Waals surface area contributed by atoms with Crippen molar-refractivity contribution in [2.45, 2.75) is 26.7 Å². The lowest BCUT2D eigenvalue weighted by Crippen LogP contribution is -2.15. The van der Waals surface area contributed by atoms with E-state index in [0.29, 0.717) is 12.0 Å². The number of hydrogen-bond acceptors (Lipinski definition) is 3. The van der Waals surface area contributed by atoms with Crippen LogP contribution in [0.1, 0.15) is 30.7 Å². The molecule has 0 unspecified atom stereocenters. The van der Waals surface area contributed by atoms with E-state index >= 15 is 0 Å². The first-order valence-electron chi connectivity index (χ1n) is 5.14. The highest BCUT2D eigenvalue weighted by Gasteiger charge is 2.25. The van der Waals surface area contributed by atoms with E-state index in [1.54, 1.807) is 11.3 Å². The minimum absolute atomic E-state index is 0.0395. The summed E-state index contributed by atoms with van der Waals surface area (Å²) in [6.07, 6.45) is 1.56. The number of aryl methyl sites for hydroxylation is 1. The number of fused-ring (bicyclic) bond motifs is 1. The summed E-state index contributed by atoms with van der Waals surface area (Å²) < 4.78 is 0. The molecule has 0 fully saturated rings. The number of allylic oxidation sites excluding steroid dienone is 1. The maximum absolute atomic E-state index is 11.8. The molecule has 0 radical (unpaired) electrons. The molecule has 0 saturated carbocycles. The Bertz CT molecular complexity index is 427. The Morgan fingerprint density at radius 3 is 2.87 bits per heavy atom. The molecule has 0 atom stereocenters. The van der Waals surface area contributed by atoms with Gasteiger partial charge in [0.05, 0.1) is 0 Å². The van der Waals surface area contributed by atoms with Crippen molar-refractivity contribution in [1.82, 2.24) is 0 Å². The molecule has 1 aromatic heterocycles. The molecule has 1 aliphatic carbocycles. The van der Waals surface area contributed by atoms with Crippen molar-refractivity contribution in [1.29, 1.82) is 0 Å². The summed E-state index contributed by atoms with van der Waals surface area (Å²) in [4.78, 5) is 13.0. The molecule has 1 aliphatic rings. The van der Waals surface area contributed by atoms with E-state index < -0.39 is 0 Å². The van der Waals surface area contributed by atoms with Gasteiger partial charge in [-0.3, -0.25) is 4.79 Å². The topological polar surface area (TPSA) is 37.3 Å². The number of ketones is 1. The predicted octanol–water partition coefficient (Wildman–Crippen LogP) is 3.19. The van der Waals surface area contributed by atoms with Crippen molar-refractivity contribution in [3.8, 4) is 0 Å². The second kappa shape index (κ2) is 3.81. The smallest absolute Gasteiger partial charge is 0.165 e. The van der Waals surface area contributed by atoms with E-state index in [1.165, 1.54) is 4.88 Å². The third kappa shape index (κ3) is 1.72. The number of carbonyl (C=O) groups excluding carboxylic acids is 1. The molecular weight excluding hydrogens is 208 g/mol. The van der Waals surface area contributed by atoms with E-state index in [-0.39, 0.29) is 17.5 Å². The monoisotopic (exact) mass is 222 g/mol. The largest absolute Gasteiger partial charge is 0.507 e. The first kappa shape index (κ1) is 10.4. The van der Waals surface area contributed by atoms with Crippen LogP contribution in [-0.4, -0.2) is 10.9 Å². The summed E-state index contributed by atoms with van der Waals surface area (Å²) in [6, 6.07) is 1.89. The molecule has 15 heavy (non-hydrogen) atoms. The number of carbonyl (C=O) groups is 1. The lowest BCUT2D eigenvalue weighted by Gasteiger charge is -2.17. The van der Waals surface area contributed by atoms with Crippen LogP contribution >= 0.6 is 11.3 Å². The molecule has 0 amide bonds. The maximum atomic E-state index is 11.8. The lowest BCUT2D eigenvalue weighted by atomic mass is 9.90. The molecule has 1 aromatic rings. The van der Waals surface area contributed by atoms with Crippen LogP contribution in [0.25, 0.3) is 5.76 Å². The first-order chi connectivity index (χ1) is 7.11. The Balaban J connectivity index is 2.43. The minimum atomic E-state index is -0.0395. The third-order valence-corrected chi connectivity index (χ3v) is 3.69. The average Bonchev–Trinajstić information content (AvgIpc) is 2.66. The lowest BCUT2D eigenvalue weighted by molar-refractivity contribution is -0.118. The molecule has 0 spiro atoms. The third-order valence-electron chi connectivity index (χ3n) is 2.71. The van der Waals surface area contributed by atoms with Crippen LogP contribution in [0.15, 0.2) is 17.0 Å². The number of rotatable bonds is 2. The van der Waals surface area contributed by atoms with Crippen molar-refractivity contribution in [3.63, 3.8) is 0 Å². The van der Waals surface area contributed by atoms with Gasteiger partial charge in [-0.15, -0.1) is 11.3 Å². The molecule has 1 N–H and O–H groups in total. The van der Waals surface area contributed by atoms with Crippen molar-refractivity contribution in [3.05, 3.63) is 27.5 Å². The van der Waals surface area contributed by atoms with Crippen LogP contribution in [0.3, 0.4) is 0 Å². The van der Waals surface area contributed by atoms with Gasteiger partial charge in [0.25, 0.3) is 0 Å². The normalized spacial score (nSPS) is 15.7. The van der Waals surface area contributed by atoms with Gasteiger partial charge in [0.1, 0.15) is 5.76 Å². The number of thiophene rings is 1. The first-order valence-corrected chi connectivity index (χ1v) is 6.02. The van der Waals surface area contributed by atoms with E-state index in [1.807, 2.05) is 25.3 Å². The Morgan fingerprint density at radius 2 is 2.20 bits per heavy atom. The van der Waals surface area contributed by atoms with E-state index in [9.17, 15) is 9.90 Å². The molecule has 3 heteroatoms. The predicted molar refractivity (Wildman–Crippen MR) is 62.0 cm³/mol.